The largest absolute Gasteiger partial charge is 0.480 e. The zero-order valence-corrected chi connectivity index (χ0v) is 9.78. The van der Waals surface area contributed by atoms with Gasteiger partial charge in [0.25, 0.3) is 0 Å². The van der Waals surface area contributed by atoms with Crippen LogP contribution in [0.4, 0.5) is 4.79 Å². The van der Waals surface area contributed by atoms with Crippen LogP contribution in [0.5, 0.6) is 0 Å². The first-order valence-electron chi connectivity index (χ1n) is 5.11. The van der Waals surface area contributed by atoms with Gasteiger partial charge in [0.15, 0.2) is 0 Å². The quantitative estimate of drug-likeness (QED) is 0.652. The molecule has 16 heavy (non-hydrogen) atoms. The Balaban J connectivity index is 3.68. The molecule has 0 unspecified atom stereocenters. The minimum atomic E-state index is -1.09. The second kappa shape index (κ2) is 6.87. The number of amides is 1. The SMILES string of the molecule is C=CCC(C)(C)CCOC(=O)NCC(=O)O. The van der Waals surface area contributed by atoms with Crippen molar-refractivity contribution in [3.63, 3.8) is 0 Å². The summed E-state index contributed by atoms with van der Waals surface area (Å²) in [6, 6.07) is 0. The average molecular weight is 229 g/mol. The first kappa shape index (κ1) is 14.5. The van der Waals surface area contributed by atoms with E-state index in [1.165, 1.54) is 0 Å². The Kier molecular flexibility index (Phi) is 6.22. The molecule has 0 bridgehead atoms. The number of allylic oxidation sites excluding steroid dienone is 1. The standard InChI is InChI=1S/C11H19NO4/c1-4-5-11(2,3)6-7-16-10(15)12-8-9(13)14/h4H,1,5-8H2,2-3H3,(H,12,15)(H,13,14). The minimum absolute atomic E-state index is 0.0365. The lowest BCUT2D eigenvalue weighted by Gasteiger charge is -2.22. The lowest BCUT2D eigenvalue weighted by Crippen LogP contribution is -2.30. The first-order chi connectivity index (χ1) is 7.37. The Labute approximate surface area is 95.5 Å². The second-order valence-electron chi connectivity index (χ2n) is 4.29. The summed E-state index contributed by atoms with van der Waals surface area (Å²) in [5.74, 6) is -1.09. The van der Waals surface area contributed by atoms with Gasteiger partial charge in [-0.15, -0.1) is 6.58 Å². The molecule has 5 heteroatoms. The van der Waals surface area contributed by atoms with E-state index in [1.54, 1.807) is 0 Å². The van der Waals surface area contributed by atoms with Gasteiger partial charge in [-0.3, -0.25) is 4.79 Å². The highest BCUT2D eigenvalue weighted by molar-refractivity contribution is 5.76. The molecule has 0 aromatic heterocycles. The number of alkyl carbamates (subject to hydrolysis) is 1. The summed E-state index contributed by atoms with van der Waals surface area (Å²) >= 11 is 0. The van der Waals surface area contributed by atoms with Gasteiger partial charge in [-0.1, -0.05) is 19.9 Å². The maximum atomic E-state index is 11.0. The third kappa shape index (κ3) is 7.84. The molecule has 0 fully saturated rings. The topological polar surface area (TPSA) is 75.6 Å². The predicted octanol–water partition coefficient (Wildman–Crippen LogP) is 1.79. The molecule has 5 nitrogen and oxygen atoms in total. The van der Waals surface area contributed by atoms with E-state index in [4.69, 9.17) is 9.84 Å². The highest BCUT2D eigenvalue weighted by atomic mass is 16.5. The minimum Gasteiger partial charge on any atom is -0.480 e. The van der Waals surface area contributed by atoms with Gasteiger partial charge < -0.3 is 15.2 Å². The fourth-order valence-electron chi connectivity index (χ4n) is 1.11. The number of hydrogen-bond donors (Lipinski definition) is 2. The summed E-state index contributed by atoms with van der Waals surface area (Å²) in [6.45, 7) is 7.60. The molecule has 2 N–H and O–H groups in total. The van der Waals surface area contributed by atoms with E-state index >= 15 is 0 Å². The van der Waals surface area contributed by atoms with Gasteiger partial charge in [-0.05, 0) is 18.3 Å². The Morgan fingerprint density at radius 1 is 1.50 bits per heavy atom. The van der Waals surface area contributed by atoms with Crippen LogP contribution in [0.25, 0.3) is 0 Å². The van der Waals surface area contributed by atoms with Gasteiger partial charge in [0.1, 0.15) is 6.54 Å². The van der Waals surface area contributed by atoms with Crippen LogP contribution in [0, 0.1) is 5.41 Å². The lowest BCUT2D eigenvalue weighted by atomic mass is 9.86. The molecule has 0 saturated heterocycles. The molecule has 0 aliphatic carbocycles. The van der Waals surface area contributed by atoms with Crippen molar-refractivity contribution in [3.05, 3.63) is 12.7 Å². The van der Waals surface area contributed by atoms with E-state index in [0.717, 1.165) is 6.42 Å². The number of nitrogens with one attached hydrogen (secondary N) is 1. The Morgan fingerprint density at radius 3 is 2.62 bits per heavy atom. The summed E-state index contributed by atoms with van der Waals surface area (Å²) in [4.78, 5) is 21.1. The molecular weight excluding hydrogens is 210 g/mol. The third-order valence-corrected chi connectivity index (χ3v) is 2.09. The van der Waals surface area contributed by atoms with Crippen LogP contribution in [0.3, 0.4) is 0 Å². The van der Waals surface area contributed by atoms with E-state index < -0.39 is 18.6 Å². The third-order valence-electron chi connectivity index (χ3n) is 2.09. The van der Waals surface area contributed by atoms with Gasteiger partial charge >= 0.3 is 12.1 Å². The second-order valence-corrected chi connectivity index (χ2v) is 4.29. The van der Waals surface area contributed by atoms with Crippen LogP contribution >= 0.6 is 0 Å². The zero-order valence-electron chi connectivity index (χ0n) is 9.78. The normalized spacial score (nSPS) is 10.6. The van der Waals surface area contributed by atoms with E-state index in [0.29, 0.717) is 6.42 Å². The number of ether oxygens (including phenoxy) is 1. The molecule has 1 amide bonds. The molecule has 0 aliphatic rings. The van der Waals surface area contributed by atoms with Crippen molar-refractivity contribution < 1.29 is 19.4 Å². The van der Waals surface area contributed by atoms with Crippen molar-refractivity contribution >= 4 is 12.1 Å². The summed E-state index contributed by atoms with van der Waals surface area (Å²) < 4.78 is 4.83. The molecule has 0 rings (SSSR count). The van der Waals surface area contributed by atoms with Crippen LogP contribution in [0.15, 0.2) is 12.7 Å². The molecule has 0 heterocycles. The fraction of sp³-hybridized carbons (Fsp3) is 0.636. The number of hydrogen-bond acceptors (Lipinski definition) is 3. The Bertz CT molecular complexity index is 261. The highest BCUT2D eigenvalue weighted by Crippen LogP contribution is 2.24. The van der Waals surface area contributed by atoms with Crippen LogP contribution in [-0.2, 0) is 9.53 Å². The van der Waals surface area contributed by atoms with Crippen molar-refractivity contribution in [1.29, 1.82) is 0 Å². The molecule has 0 atom stereocenters. The van der Waals surface area contributed by atoms with E-state index in [2.05, 4.69) is 11.9 Å². The number of aliphatic carboxylic acids is 1. The molecule has 0 spiro atoms. The monoisotopic (exact) mass is 229 g/mol. The van der Waals surface area contributed by atoms with Crippen molar-refractivity contribution in [2.45, 2.75) is 26.7 Å². The Morgan fingerprint density at radius 2 is 2.12 bits per heavy atom. The molecule has 92 valence electrons. The van der Waals surface area contributed by atoms with Crippen LogP contribution in [-0.4, -0.2) is 30.3 Å². The number of carboxylic acid groups (broad SMARTS) is 1. The van der Waals surface area contributed by atoms with Crippen LogP contribution < -0.4 is 5.32 Å². The van der Waals surface area contributed by atoms with Gasteiger partial charge in [-0.2, -0.15) is 0 Å². The summed E-state index contributed by atoms with van der Waals surface area (Å²) in [6.07, 6.45) is 2.67. The molecule has 0 saturated carbocycles. The van der Waals surface area contributed by atoms with Gasteiger partial charge in [0, 0.05) is 0 Å². The number of carboxylic acids is 1. The summed E-state index contributed by atoms with van der Waals surface area (Å²) in [7, 11) is 0. The van der Waals surface area contributed by atoms with Crippen molar-refractivity contribution in [1.82, 2.24) is 5.32 Å². The van der Waals surface area contributed by atoms with E-state index in [-0.39, 0.29) is 12.0 Å². The molecule has 0 aromatic rings. The molecule has 0 radical (unpaired) electrons. The zero-order chi connectivity index (χ0) is 12.6. The maximum absolute atomic E-state index is 11.0. The molecular formula is C11H19NO4. The molecule has 0 aliphatic heterocycles. The number of carbonyl (C=O) groups excluding carboxylic acids is 1. The molecule has 0 aromatic carbocycles. The predicted molar refractivity (Wildman–Crippen MR) is 60.2 cm³/mol. The lowest BCUT2D eigenvalue weighted by molar-refractivity contribution is -0.135. The smallest absolute Gasteiger partial charge is 0.407 e. The number of rotatable bonds is 7. The number of carbonyl (C=O) groups is 2. The van der Waals surface area contributed by atoms with Gasteiger partial charge in [-0.25, -0.2) is 4.79 Å². The fourth-order valence-corrected chi connectivity index (χ4v) is 1.11. The van der Waals surface area contributed by atoms with Gasteiger partial charge in [0.05, 0.1) is 6.61 Å². The highest BCUT2D eigenvalue weighted by Gasteiger charge is 2.16. The van der Waals surface area contributed by atoms with Crippen molar-refractivity contribution in [2.24, 2.45) is 5.41 Å². The summed E-state index contributed by atoms with van der Waals surface area (Å²) in [5, 5.41) is 10.4. The summed E-state index contributed by atoms with van der Waals surface area (Å²) in [5.41, 5.74) is 0.0365. The van der Waals surface area contributed by atoms with Crippen LogP contribution in [0.2, 0.25) is 0 Å². The van der Waals surface area contributed by atoms with E-state index in [9.17, 15) is 9.59 Å². The van der Waals surface area contributed by atoms with Crippen molar-refractivity contribution in [2.75, 3.05) is 13.2 Å². The first-order valence-corrected chi connectivity index (χ1v) is 5.11. The maximum Gasteiger partial charge on any atom is 0.407 e. The van der Waals surface area contributed by atoms with E-state index in [1.807, 2.05) is 19.9 Å². The average Bonchev–Trinajstić information content (AvgIpc) is 2.14. The Hall–Kier alpha value is -1.52. The van der Waals surface area contributed by atoms with Crippen LogP contribution in [0.1, 0.15) is 26.7 Å². The van der Waals surface area contributed by atoms with Crippen molar-refractivity contribution in [3.8, 4) is 0 Å². The van der Waals surface area contributed by atoms with Gasteiger partial charge in [0.2, 0.25) is 0 Å².